The van der Waals surface area contributed by atoms with Crippen LogP contribution in [0.15, 0.2) is 61.6 Å². The molecular formula is C49H73N3O6. The summed E-state index contributed by atoms with van der Waals surface area (Å²) in [5, 5.41) is 34.7. The van der Waals surface area contributed by atoms with Gasteiger partial charge in [-0.25, -0.2) is 28.1 Å². The van der Waals surface area contributed by atoms with Crippen LogP contribution in [0, 0.1) is 22.7 Å². The van der Waals surface area contributed by atoms with Gasteiger partial charge in [0.25, 0.3) is 0 Å². The van der Waals surface area contributed by atoms with E-state index in [0.717, 1.165) is 24.8 Å². The van der Waals surface area contributed by atoms with Crippen molar-refractivity contribution in [3.8, 4) is 11.5 Å². The van der Waals surface area contributed by atoms with E-state index >= 15 is 0 Å². The molecule has 0 amide bonds. The lowest BCUT2D eigenvalue weighted by molar-refractivity contribution is 0.147. The molecule has 9 heteroatoms. The highest BCUT2D eigenvalue weighted by atomic mass is 16.3. The fourth-order valence-electron chi connectivity index (χ4n) is 8.45. The van der Waals surface area contributed by atoms with Crippen LogP contribution in [0.5, 0.6) is 11.5 Å². The van der Waals surface area contributed by atoms with Gasteiger partial charge in [0.05, 0.1) is 19.6 Å². The average molecular weight is 800 g/mol. The Morgan fingerprint density at radius 3 is 1.03 bits per heavy atom. The number of aromatic nitrogens is 3. The van der Waals surface area contributed by atoms with Gasteiger partial charge in [-0.1, -0.05) is 138 Å². The first-order valence-corrected chi connectivity index (χ1v) is 20.8. The lowest BCUT2D eigenvalue weighted by Crippen LogP contribution is -2.55. The summed E-state index contributed by atoms with van der Waals surface area (Å²) in [7, 11) is 0. The zero-order valence-corrected chi connectivity index (χ0v) is 39.1. The van der Waals surface area contributed by atoms with Crippen LogP contribution >= 0.6 is 0 Å². The van der Waals surface area contributed by atoms with E-state index in [0.29, 0.717) is 39.1 Å². The lowest BCUT2D eigenvalue weighted by atomic mass is 9.64. The zero-order chi connectivity index (χ0) is 44.6. The van der Waals surface area contributed by atoms with Crippen molar-refractivity contribution in [1.29, 1.82) is 0 Å². The molecule has 0 aliphatic heterocycles. The van der Waals surface area contributed by atoms with Gasteiger partial charge in [0.15, 0.2) is 0 Å². The molecule has 0 bridgehead atoms. The third-order valence-electron chi connectivity index (χ3n) is 11.7. The number of aliphatic hydroxyl groups excluding tert-OH is 1. The molecular weight excluding hydrogens is 727 g/mol. The van der Waals surface area contributed by atoms with Crippen LogP contribution in [0.3, 0.4) is 0 Å². The highest BCUT2D eigenvalue weighted by molar-refractivity contribution is 5.51. The summed E-state index contributed by atoms with van der Waals surface area (Å²) in [6.45, 7) is 38.1. The van der Waals surface area contributed by atoms with Gasteiger partial charge in [0.2, 0.25) is 0 Å². The predicted octanol–water partition coefficient (Wildman–Crippen LogP) is 9.97. The van der Waals surface area contributed by atoms with Crippen molar-refractivity contribution < 1.29 is 15.3 Å². The van der Waals surface area contributed by atoms with E-state index < -0.39 is 44.1 Å². The van der Waals surface area contributed by atoms with Gasteiger partial charge in [-0.05, 0) is 107 Å². The highest BCUT2D eigenvalue weighted by Crippen LogP contribution is 2.48. The summed E-state index contributed by atoms with van der Waals surface area (Å²) >= 11 is 0. The number of hydrogen-bond acceptors (Lipinski definition) is 6. The molecule has 0 spiro atoms. The molecule has 0 saturated heterocycles. The lowest BCUT2D eigenvalue weighted by Gasteiger charge is -2.42. The van der Waals surface area contributed by atoms with Crippen molar-refractivity contribution in [3.63, 3.8) is 0 Å². The Labute approximate surface area is 347 Å². The molecule has 320 valence electrons. The van der Waals surface area contributed by atoms with E-state index in [1.807, 2.05) is 141 Å². The van der Waals surface area contributed by atoms with Crippen LogP contribution in [0.2, 0.25) is 0 Å². The first-order chi connectivity index (χ1) is 26.0. The zero-order valence-electron chi connectivity index (χ0n) is 39.1. The summed E-state index contributed by atoms with van der Waals surface area (Å²) in [5.41, 5.74) is 0.869. The van der Waals surface area contributed by atoms with Crippen LogP contribution in [0.25, 0.3) is 0 Å². The number of benzene rings is 2. The van der Waals surface area contributed by atoms with Crippen LogP contribution in [0.4, 0.5) is 0 Å². The Balaban J connectivity index is 2.11. The van der Waals surface area contributed by atoms with Crippen molar-refractivity contribution >= 4 is 0 Å². The molecule has 4 rings (SSSR count). The number of allylic oxidation sites excluding steroid dienone is 4. The number of rotatable bonds is 6. The third-order valence-corrected chi connectivity index (χ3v) is 11.7. The van der Waals surface area contributed by atoms with Crippen LogP contribution in [-0.4, -0.2) is 29.0 Å². The van der Waals surface area contributed by atoms with Crippen molar-refractivity contribution in [1.82, 2.24) is 13.7 Å². The van der Waals surface area contributed by atoms with Crippen molar-refractivity contribution in [2.75, 3.05) is 0 Å². The fraction of sp³-hybridized carbons (Fsp3) is 0.612. The van der Waals surface area contributed by atoms with E-state index in [1.54, 1.807) is 0 Å². The number of hydrogen-bond donors (Lipinski definition) is 3. The monoisotopic (exact) mass is 800 g/mol. The van der Waals surface area contributed by atoms with Gasteiger partial charge in [-0.15, -0.1) is 0 Å². The van der Waals surface area contributed by atoms with E-state index in [-0.39, 0.29) is 48.4 Å². The van der Waals surface area contributed by atoms with Gasteiger partial charge in [0.1, 0.15) is 17.3 Å². The first-order valence-electron chi connectivity index (χ1n) is 20.8. The molecule has 0 radical (unpaired) electrons. The molecule has 9 nitrogen and oxygen atoms in total. The molecule has 0 fully saturated rings. The van der Waals surface area contributed by atoms with Crippen LogP contribution < -0.4 is 17.1 Å². The quantitative estimate of drug-likeness (QED) is 0.228. The molecule has 1 heterocycles. The summed E-state index contributed by atoms with van der Waals surface area (Å²) in [5.74, 6) is 0.185. The molecule has 58 heavy (non-hydrogen) atoms. The Morgan fingerprint density at radius 1 is 0.483 bits per heavy atom. The predicted molar refractivity (Wildman–Crippen MR) is 238 cm³/mol. The summed E-state index contributed by atoms with van der Waals surface area (Å²) in [4.78, 5) is 44.4. The SMILES string of the molecule is CC1C(Cn2c(=O)n(Cc3cc(C(C)(C)C)c(O)c(C(C)(C)C)c3)c(=O)n(Cc3cc(C(C)(C)C)c(O)c(C(C)(C)C)c3)c2=O)=CC(C(C)(C)C)=C(O)C1C(C)(C)C. The second-order valence-corrected chi connectivity index (χ2v) is 23.1. The fourth-order valence-corrected chi connectivity index (χ4v) is 8.45. The van der Waals surface area contributed by atoms with E-state index in [4.69, 9.17) is 0 Å². The standard InChI is InChI=1S/C49H73N3O6/c1-28-31(24-36(48(14,15)16)40(55)37(28)49(17,18)19)27-52-42(57)50(25-29-20-32(44(2,3)4)38(53)33(21-29)45(5,6)7)41(56)51(43(52)58)26-30-22-34(46(8,9)10)39(54)35(23-30)47(11,12)13/h20-24,28,37,53-55H,25-27H2,1-19H3. The first kappa shape index (κ1) is 46.4. The van der Waals surface area contributed by atoms with Crippen LogP contribution in [-0.2, 0) is 41.3 Å². The molecule has 1 aliphatic rings. The van der Waals surface area contributed by atoms with E-state index in [2.05, 4.69) is 20.8 Å². The molecule has 1 aliphatic carbocycles. The van der Waals surface area contributed by atoms with Crippen molar-refractivity contribution in [2.45, 2.75) is 173 Å². The van der Waals surface area contributed by atoms with Gasteiger partial charge in [-0.2, -0.15) is 0 Å². The van der Waals surface area contributed by atoms with Gasteiger partial charge < -0.3 is 15.3 Å². The number of nitrogens with zero attached hydrogens (tertiary/aromatic N) is 3. The minimum absolute atomic E-state index is 0.0787. The number of phenols is 2. The maximum absolute atomic E-state index is 14.8. The van der Waals surface area contributed by atoms with Crippen molar-refractivity contribution in [3.05, 3.63) is 112 Å². The normalized spacial score (nSPS) is 17.5. The average Bonchev–Trinajstić information content (AvgIpc) is 3.02. The molecule has 2 atom stereocenters. The van der Waals surface area contributed by atoms with Gasteiger partial charge in [0, 0.05) is 5.92 Å². The smallest absolute Gasteiger partial charge is 0.336 e. The van der Waals surface area contributed by atoms with E-state index in [1.165, 1.54) is 0 Å². The highest BCUT2D eigenvalue weighted by Gasteiger charge is 2.41. The summed E-state index contributed by atoms with van der Waals surface area (Å²) < 4.78 is 3.43. The Morgan fingerprint density at radius 2 is 0.776 bits per heavy atom. The molecule has 0 saturated carbocycles. The Hall–Kier alpha value is -4.27. The largest absolute Gasteiger partial charge is 0.512 e. The number of aromatic hydroxyl groups is 2. The minimum atomic E-state index is -0.747. The van der Waals surface area contributed by atoms with Crippen LogP contribution in [0.1, 0.15) is 165 Å². The third kappa shape index (κ3) is 9.29. The van der Waals surface area contributed by atoms with Gasteiger partial charge in [-0.3, -0.25) is 0 Å². The molecule has 1 aromatic heterocycles. The van der Waals surface area contributed by atoms with E-state index in [9.17, 15) is 29.7 Å². The summed E-state index contributed by atoms with van der Waals surface area (Å²) in [6.07, 6.45) is 1.93. The molecule has 3 aromatic rings. The summed E-state index contributed by atoms with van der Waals surface area (Å²) in [6, 6.07) is 7.41. The van der Waals surface area contributed by atoms with Crippen molar-refractivity contribution in [2.24, 2.45) is 22.7 Å². The number of aliphatic hydroxyl groups is 1. The number of phenolic OH excluding ortho intramolecular Hbond substituents is 2. The Bertz CT molecular complexity index is 2130. The maximum atomic E-state index is 14.8. The second kappa shape index (κ2) is 15.1. The molecule has 2 aromatic carbocycles. The molecule has 2 unspecified atom stereocenters. The topological polar surface area (TPSA) is 127 Å². The maximum Gasteiger partial charge on any atom is 0.336 e. The minimum Gasteiger partial charge on any atom is -0.512 e. The second-order valence-electron chi connectivity index (χ2n) is 23.1. The Kier molecular flexibility index (Phi) is 12.1. The molecule has 3 N–H and O–H groups in total. The van der Waals surface area contributed by atoms with Gasteiger partial charge >= 0.3 is 17.1 Å².